The fourth-order valence-corrected chi connectivity index (χ4v) is 2.44. The Bertz CT molecular complexity index is 608. The molecule has 0 aliphatic heterocycles. The van der Waals surface area contributed by atoms with Gasteiger partial charge in [0, 0.05) is 33.6 Å². The van der Waals surface area contributed by atoms with E-state index in [1.807, 2.05) is 0 Å². The van der Waals surface area contributed by atoms with Crippen molar-refractivity contribution in [1.82, 2.24) is 4.98 Å². The highest BCUT2D eigenvalue weighted by Crippen LogP contribution is 2.37. The van der Waals surface area contributed by atoms with Crippen LogP contribution in [0.1, 0.15) is 10.4 Å². The molecule has 2 rings (SSSR count). The number of benzene rings is 1. The first-order valence-corrected chi connectivity index (χ1v) is 5.97. The zero-order chi connectivity index (χ0) is 13.3. The Hall–Kier alpha value is -1.29. The van der Waals surface area contributed by atoms with Crippen LogP contribution in [0.5, 0.6) is 0 Å². The molecule has 2 aromatic rings. The summed E-state index contributed by atoms with van der Waals surface area (Å²) in [5.74, 6) is -1.16. The topological polar surface area (TPSA) is 50.2 Å². The van der Waals surface area contributed by atoms with Gasteiger partial charge in [-0.15, -0.1) is 0 Å². The molecular weight excluding hydrogens is 296 g/mol. The summed E-state index contributed by atoms with van der Waals surface area (Å²) in [6.45, 7) is 0. The number of halogens is 3. The normalized spacial score (nSPS) is 10.4. The van der Waals surface area contributed by atoms with Crippen LogP contribution in [0.25, 0.3) is 11.1 Å². The minimum absolute atomic E-state index is 0.0380. The summed E-state index contributed by atoms with van der Waals surface area (Å²) in [7, 11) is 0. The van der Waals surface area contributed by atoms with Gasteiger partial charge >= 0.3 is 5.97 Å². The molecule has 1 aromatic heterocycles. The molecule has 0 radical (unpaired) electrons. The number of hydrogen-bond donors (Lipinski definition) is 1. The number of carboxylic acids is 1. The number of aromatic nitrogens is 1. The van der Waals surface area contributed by atoms with Crippen molar-refractivity contribution in [1.29, 1.82) is 0 Å². The molecule has 1 aromatic carbocycles. The highest BCUT2D eigenvalue weighted by atomic mass is 35.5. The Labute approximate surface area is 118 Å². The molecule has 6 heteroatoms. The number of nitrogens with zero attached hydrogens (tertiary/aromatic N) is 1. The van der Waals surface area contributed by atoms with Gasteiger partial charge in [0.15, 0.2) is 0 Å². The van der Waals surface area contributed by atoms with Gasteiger partial charge in [0.05, 0.1) is 10.6 Å². The lowest BCUT2D eigenvalue weighted by Gasteiger charge is -2.10. The number of carboxylic acid groups (broad SMARTS) is 1. The van der Waals surface area contributed by atoms with E-state index in [1.54, 1.807) is 18.2 Å². The lowest BCUT2D eigenvalue weighted by molar-refractivity contribution is 0.0698. The van der Waals surface area contributed by atoms with E-state index >= 15 is 0 Å². The van der Waals surface area contributed by atoms with Crippen molar-refractivity contribution in [3.63, 3.8) is 0 Å². The number of rotatable bonds is 2. The van der Waals surface area contributed by atoms with Crippen LogP contribution in [-0.4, -0.2) is 16.1 Å². The Morgan fingerprint density at radius 2 is 1.67 bits per heavy atom. The van der Waals surface area contributed by atoms with E-state index in [-0.39, 0.29) is 10.6 Å². The monoisotopic (exact) mass is 301 g/mol. The molecule has 18 heavy (non-hydrogen) atoms. The minimum Gasteiger partial charge on any atom is -0.478 e. The molecule has 0 spiro atoms. The zero-order valence-corrected chi connectivity index (χ0v) is 11.1. The highest BCUT2D eigenvalue weighted by Gasteiger charge is 2.19. The summed E-state index contributed by atoms with van der Waals surface area (Å²) in [6.07, 6.45) is 2.64. The van der Waals surface area contributed by atoms with Crippen LogP contribution in [-0.2, 0) is 0 Å². The van der Waals surface area contributed by atoms with Crippen LogP contribution in [0.3, 0.4) is 0 Å². The molecule has 0 atom stereocenters. The fraction of sp³-hybridized carbons (Fsp3) is 0. The van der Waals surface area contributed by atoms with E-state index in [4.69, 9.17) is 34.8 Å². The van der Waals surface area contributed by atoms with E-state index < -0.39 is 5.97 Å². The molecular formula is C12H6Cl3NO2. The lowest BCUT2D eigenvalue weighted by atomic mass is 10.0. The Morgan fingerprint density at radius 1 is 1.06 bits per heavy atom. The first-order chi connectivity index (χ1) is 8.52. The van der Waals surface area contributed by atoms with Gasteiger partial charge in [-0.1, -0.05) is 40.9 Å². The number of aromatic carboxylic acids is 1. The molecule has 3 nitrogen and oxygen atoms in total. The summed E-state index contributed by atoms with van der Waals surface area (Å²) < 4.78 is 0. The maximum atomic E-state index is 11.2. The van der Waals surface area contributed by atoms with E-state index in [9.17, 15) is 9.90 Å². The van der Waals surface area contributed by atoms with Crippen LogP contribution in [0.15, 0.2) is 30.6 Å². The van der Waals surface area contributed by atoms with Crippen molar-refractivity contribution in [2.75, 3.05) is 0 Å². The Morgan fingerprint density at radius 3 is 2.22 bits per heavy atom. The summed E-state index contributed by atoms with van der Waals surface area (Å²) in [5, 5.41) is 9.91. The number of carbonyl (C=O) groups is 1. The van der Waals surface area contributed by atoms with Gasteiger partial charge in [-0.05, 0) is 12.1 Å². The van der Waals surface area contributed by atoms with E-state index in [2.05, 4.69) is 4.98 Å². The largest absolute Gasteiger partial charge is 0.478 e. The van der Waals surface area contributed by atoms with Gasteiger partial charge in [0.1, 0.15) is 0 Å². The van der Waals surface area contributed by atoms with Crippen molar-refractivity contribution in [3.8, 4) is 11.1 Å². The first-order valence-electron chi connectivity index (χ1n) is 4.83. The molecule has 0 fully saturated rings. The van der Waals surface area contributed by atoms with Gasteiger partial charge in [0.2, 0.25) is 0 Å². The summed E-state index contributed by atoms with van der Waals surface area (Å²) in [4.78, 5) is 15.1. The summed E-state index contributed by atoms with van der Waals surface area (Å²) >= 11 is 17.9. The van der Waals surface area contributed by atoms with Crippen molar-refractivity contribution in [2.24, 2.45) is 0 Å². The molecule has 0 saturated heterocycles. The Balaban J connectivity index is 2.80. The van der Waals surface area contributed by atoms with Crippen molar-refractivity contribution in [2.45, 2.75) is 0 Å². The second-order valence-electron chi connectivity index (χ2n) is 3.45. The molecule has 1 N–H and O–H groups in total. The molecule has 0 aliphatic carbocycles. The second kappa shape index (κ2) is 5.14. The number of pyridine rings is 1. The van der Waals surface area contributed by atoms with Crippen molar-refractivity contribution < 1.29 is 9.90 Å². The van der Waals surface area contributed by atoms with E-state index in [0.717, 1.165) is 0 Å². The second-order valence-corrected chi connectivity index (χ2v) is 4.67. The van der Waals surface area contributed by atoms with Gasteiger partial charge < -0.3 is 5.11 Å². The minimum atomic E-state index is -1.16. The summed E-state index contributed by atoms with van der Waals surface area (Å²) in [6, 6.07) is 4.91. The molecule has 0 bridgehead atoms. The lowest BCUT2D eigenvalue weighted by Crippen LogP contribution is -2.02. The first kappa shape index (κ1) is 13.1. The van der Waals surface area contributed by atoms with Crippen molar-refractivity contribution in [3.05, 3.63) is 51.2 Å². The third-order valence-electron chi connectivity index (χ3n) is 2.35. The van der Waals surface area contributed by atoms with Gasteiger partial charge in [-0.3, -0.25) is 4.98 Å². The summed E-state index contributed by atoms with van der Waals surface area (Å²) in [5.41, 5.74) is 0.639. The van der Waals surface area contributed by atoms with Crippen LogP contribution < -0.4 is 0 Å². The maximum absolute atomic E-state index is 11.2. The van der Waals surface area contributed by atoms with Crippen LogP contribution in [0.4, 0.5) is 0 Å². The third-order valence-corrected chi connectivity index (χ3v) is 3.26. The molecule has 92 valence electrons. The predicted octanol–water partition coefficient (Wildman–Crippen LogP) is 4.41. The van der Waals surface area contributed by atoms with E-state index in [1.165, 1.54) is 12.4 Å². The quantitative estimate of drug-likeness (QED) is 0.894. The molecule has 0 unspecified atom stereocenters. The van der Waals surface area contributed by atoms with Crippen molar-refractivity contribution >= 4 is 40.8 Å². The number of hydrogen-bond acceptors (Lipinski definition) is 2. The van der Waals surface area contributed by atoms with Crippen LogP contribution >= 0.6 is 34.8 Å². The Kier molecular flexibility index (Phi) is 3.76. The SMILES string of the molecule is O=C(O)c1c(Cl)cncc1-c1c(Cl)cccc1Cl. The molecule has 0 saturated carbocycles. The zero-order valence-electron chi connectivity index (χ0n) is 8.82. The maximum Gasteiger partial charge on any atom is 0.337 e. The highest BCUT2D eigenvalue weighted by molar-refractivity contribution is 6.40. The van der Waals surface area contributed by atoms with Crippen LogP contribution in [0.2, 0.25) is 15.1 Å². The predicted molar refractivity (Wildman–Crippen MR) is 71.7 cm³/mol. The molecule has 0 aliphatic rings. The fourth-order valence-electron chi connectivity index (χ4n) is 1.60. The molecule has 1 heterocycles. The third kappa shape index (κ3) is 2.29. The smallest absolute Gasteiger partial charge is 0.337 e. The average Bonchev–Trinajstić information content (AvgIpc) is 2.28. The molecule has 0 amide bonds. The van der Waals surface area contributed by atoms with E-state index in [0.29, 0.717) is 21.2 Å². The van der Waals surface area contributed by atoms with Gasteiger partial charge in [-0.2, -0.15) is 0 Å². The standard InChI is InChI=1S/C12H6Cl3NO2/c13-7-2-1-3-8(14)10(7)6-4-16-5-9(15)11(6)12(17)18/h1-5H,(H,17,18). The van der Waals surface area contributed by atoms with Gasteiger partial charge in [0.25, 0.3) is 0 Å². The van der Waals surface area contributed by atoms with Crippen LogP contribution in [0, 0.1) is 0 Å². The van der Waals surface area contributed by atoms with Gasteiger partial charge in [-0.25, -0.2) is 4.79 Å². The average molecular weight is 303 g/mol.